The molecule has 0 saturated heterocycles. The van der Waals surface area contributed by atoms with Crippen molar-refractivity contribution in [2.24, 2.45) is 0 Å². The molecule has 0 aliphatic rings. The van der Waals surface area contributed by atoms with Crippen LogP contribution >= 0.6 is 0 Å². The first-order valence-electron chi connectivity index (χ1n) is 5.41. The largest absolute Gasteiger partial charge is 0.300 e. The van der Waals surface area contributed by atoms with E-state index in [4.69, 9.17) is 0 Å². The number of carbonyl (C=O) groups is 2. The van der Waals surface area contributed by atoms with Crippen LogP contribution < -0.4 is 0 Å². The van der Waals surface area contributed by atoms with Gasteiger partial charge >= 0.3 is 0 Å². The number of rotatable bonds is 6. The number of benzene rings is 1. The number of carbonyl (C=O) groups excluding carboxylic acids is 2. The van der Waals surface area contributed by atoms with Crippen molar-refractivity contribution in [2.75, 3.05) is 0 Å². The van der Waals surface area contributed by atoms with Crippen LogP contribution in [0.3, 0.4) is 0 Å². The summed E-state index contributed by atoms with van der Waals surface area (Å²) in [6.07, 6.45) is 5.10. The van der Waals surface area contributed by atoms with Gasteiger partial charge in [0.2, 0.25) is 0 Å². The van der Waals surface area contributed by atoms with Gasteiger partial charge in [0, 0.05) is 0 Å². The Balaban J connectivity index is 2.28. The summed E-state index contributed by atoms with van der Waals surface area (Å²) < 4.78 is 0. The van der Waals surface area contributed by atoms with Gasteiger partial charge in [0.05, 0.1) is 6.42 Å². The molecule has 0 spiro atoms. The van der Waals surface area contributed by atoms with Gasteiger partial charge in [-0.2, -0.15) is 0 Å². The van der Waals surface area contributed by atoms with E-state index >= 15 is 0 Å². The zero-order chi connectivity index (χ0) is 11.8. The van der Waals surface area contributed by atoms with E-state index in [0.29, 0.717) is 0 Å². The monoisotopic (exact) mass is 216 g/mol. The zero-order valence-electron chi connectivity index (χ0n) is 9.48. The molecule has 2 heteroatoms. The van der Waals surface area contributed by atoms with Crippen molar-refractivity contribution in [1.82, 2.24) is 0 Å². The van der Waals surface area contributed by atoms with Gasteiger partial charge in [-0.15, -0.1) is 0 Å². The Bertz CT molecular complexity index is 377. The first kappa shape index (κ1) is 12.4. The fraction of sp³-hybridized carbons (Fsp3) is 0.286. The Hall–Kier alpha value is -1.70. The molecule has 0 aliphatic carbocycles. The van der Waals surface area contributed by atoms with E-state index < -0.39 is 0 Å². The Morgan fingerprint density at radius 1 is 1.19 bits per heavy atom. The lowest BCUT2D eigenvalue weighted by molar-refractivity contribution is -0.123. The fourth-order valence-electron chi connectivity index (χ4n) is 1.41. The average Bonchev–Trinajstić information content (AvgIpc) is 2.25. The van der Waals surface area contributed by atoms with Crippen LogP contribution in [0.1, 0.15) is 25.3 Å². The summed E-state index contributed by atoms with van der Waals surface area (Å²) >= 11 is 0. The number of ketones is 2. The standard InChI is InChI=1S/C14H16O2/c1-12(15)11-14(16)10-6-5-9-13-7-3-2-4-8-13/h2-4,6-8,10H,5,9,11H2,1H3. The quantitative estimate of drug-likeness (QED) is 0.541. The molecule has 0 saturated carbocycles. The third-order valence-electron chi connectivity index (χ3n) is 2.17. The smallest absolute Gasteiger partial charge is 0.162 e. The van der Waals surface area contributed by atoms with Crippen LogP contribution in [-0.4, -0.2) is 11.6 Å². The highest BCUT2D eigenvalue weighted by Crippen LogP contribution is 2.02. The molecule has 0 atom stereocenters. The minimum Gasteiger partial charge on any atom is -0.300 e. The van der Waals surface area contributed by atoms with E-state index in [1.807, 2.05) is 24.3 Å². The lowest BCUT2D eigenvalue weighted by Gasteiger charge is -1.96. The summed E-state index contributed by atoms with van der Waals surface area (Å²) in [6, 6.07) is 10.1. The second kappa shape index (κ2) is 6.72. The van der Waals surface area contributed by atoms with Gasteiger partial charge in [0.1, 0.15) is 5.78 Å². The normalized spacial score (nSPS) is 10.6. The highest BCUT2D eigenvalue weighted by Gasteiger charge is 1.99. The SMILES string of the molecule is CC(=O)CC(=O)C=CCCc1ccccc1. The van der Waals surface area contributed by atoms with Crippen molar-refractivity contribution >= 4 is 11.6 Å². The van der Waals surface area contributed by atoms with Crippen LogP contribution in [0.15, 0.2) is 42.5 Å². The van der Waals surface area contributed by atoms with Gasteiger partial charge in [-0.1, -0.05) is 36.4 Å². The summed E-state index contributed by atoms with van der Waals surface area (Å²) in [5.41, 5.74) is 1.26. The minimum absolute atomic E-state index is 0.0157. The van der Waals surface area contributed by atoms with Crippen molar-refractivity contribution in [3.05, 3.63) is 48.0 Å². The van der Waals surface area contributed by atoms with Gasteiger partial charge in [-0.05, 0) is 31.4 Å². The molecule has 0 fully saturated rings. The number of hydrogen-bond donors (Lipinski definition) is 0. The summed E-state index contributed by atoms with van der Waals surface area (Å²) in [5.74, 6) is -0.196. The maximum Gasteiger partial charge on any atom is 0.162 e. The maximum atomic E-state index is 11.2. The van der Waals surface area contributed by atoms with Crippen LogP contribution in [0.4, 0.5) is 0 Å². The molecule has 0 radical (unpaired) electrons. The number of Topliss-reactive ketones (excluding diaryl/α,β-unsaturated/α-hetero) is 1. The van der Waals surface area contributed by atoms with Gasteiger partial charge in [-0.25, -0.2) is 0 Å². The fourth-order valence-corrected chi connectivity index (χ4v) is 1.41. The van der Waals surface area contributed by atoms with Crippen molar-refractivity contribution in [3.63, 3.8) is 0 Å². The number of hydrogen-bond acceptors (Lipinski definition) is 2. The first-order valence-corrected chi connectivity index (χ1v) is 5.41. The minimum atomic E-state index is -0.111. The van der Waals surface area contributed by atoms with E-state index in [9.17, 15) is 9.59 Å². The van der Waals surface area contributed by atoms with Gasteiger partial charge in [-0.3, -0.25) is 9.59 Å². The molecule has 0 amide bonds. The van der Waals surface area contributed by atoms with Crippen molar-refractivity contribution in [3.8, 4) is 0 Å². The summed E-state index contributed by atoms with van der Waals surface area (Å²) in [6.45, 7) is 1.43. The predicted octanol–water partition coefficient (Wildman–Crippen LogP) is 2.72. The van der Waals surface area contributed by atoms with Crippen LogP contribution in [0.2, 0.25) is 0 Å². The molecule has 0 unspecified atom stereocenters. The molecule has 1 aromatic carbocycles. The Morgan fingerprint density at radius 2 is 1.88 bits per heavy atom. The van der Waals surface area contributed by atoms with E-state index in [0.717, 1.165) is 12.8 Å². The van der Waals surface area contributed by atoms with Crippen LogP contribution in [0.5, 0.6) is 0 Å². The second-order valence-corrected chi connectivity index (χ2v) is 3.77. The molecule has 16 heavy (non-hydrogen) atoms. The highest BCUT2D eigenvalue weighted by molar-refractivity contribution is 6.03. The molecule has 2 nitrogen and oxygen atoms in total. The summed E-state index contributed by atoms with van der Waals surface area (Å²) in [4.78, 5) is 21.8. The number of aryl methyl sites for hydroxylation is 1. The van der Waals surface area contributed by atoms with Crippen molar-refractivity contribution in [2.45, 2.75) is 26.2 Å². The summed E-state index contributed by atoms with van der Waals surface area (Å²) in [7, 11) is 0. The molecular formula is C14H16O2. The van der Waals surface area contributed by atoms with Crippen molar-refractivity contribution in [1.29, 1.82) is 0 Å². The van der Waals surface area contributed by atoms with E-state index in [1.165, 1.54) is 18.6 Å². The molecule has 84 valence electrons. The Labute approximate surface area is 96.0 Å². The van der Waals surface area contributed by atoms with Crippen LogP contribution in [0.25, 0.3) is 0 Å². The highest BCUT2D eigenvalue weighted by atomic mass is 16.1. The number of allylic oxidation sites excluding steroid dienone is 2. The summed E-state index contributed by atoms with van der Waals surface area (Å²) in [5, 5.41) is 0. The van der Waals surface area contributed by atoms with Crippen LogP contribution in [0, 0.1) is 0 Å². The lowest BCUT2D eigenvalue weighted by Crippen LogP contribution is -2.00. The molecular weight excluding hydrogens is 200 g/mol. The maximum absolute atomic E-state index is 11.2. The van der Waals surface area contributed by atoms with Gasteiger partial charge < -0.3 is 0 Å². The lowest BCUT2D eigenvalue weighted by atomic mass is 10.1. The van der Waals surface area contributed by atoms with E-state index in [2.05, 4.69) is 12.1 Å². The van der Waals surface area contributed by atoms with E-state index in [-0.39, 0.29) is 18.0 Å². The van der Waals surface area contributed by atoms with Crippen LogP contribution in [-0.2, 0) is 16.0 Å². The van der Waals surface area contributed by atoms with Crippen molar-refractivity contribution < 1.29 is 9.59 Å². The molecule has 0 bridgehead atoms. The molecule has 0 aliphatic heterocycles. The van der Waals surface area contributed by atoms with E-state index in [1.54, 1.807) is 0 Å². The zero-order valence-corrected chi connectivity index (χ0v) is 9.48. The second-order valence-electron chi connectivity index (χ2n) is 3.77. The first-order chi connectivity index (χ1) is 7.68. The third-order valence-corrected chi connectivity index (χ3v) is 2.17. The third kappa shape index (κ3) is 5.25. The molecule has 0 aromatic heterocycles. The topological polar surface area (TPSA) is 34.1 Å². The Morgan fingerprint density at radius 3 is 2.50 bits per heavy atom. The van der Waals surface area contributed by atoms with Gasteiger partial charge in [0.25, 0.3) is 0 Å². The predicted molar refractivity (Wildman–Crippen MR) is 64.2 cm³/mol. The Kier molecular flexibility index (Phi) is 5.20. The molecule has 1 rings (SSSR count). The van der Waals surface area contributed by atoms with Gasteiger partial charge in [0.15, 0.2) is 5.78 Å². The average molecular weight is 216 g/mol. The molecule has 0 heterocycles. The molecule has 1 aromatic rings. The molecule has 0 N–H and O–H groups in total.